The standard InChI is InChI=1S/C26H23FO3.CH4/c1-2-29-26(28)25-21(16-7-8-16)15-22-19-5-3-4-6-23(19)30-14-13-20(22)24(25)17-9-11-18(27)12-10-17;/h3-6,9-12,15-16H,2,7-8,13-14H2,1H3;1H4. The quantitative estimate of drug-likeness (QED) is 0.438. The maximum absolute atomic E-state index is 13.7. The van der Waals surface area contributed by atoms with E-state index in [4.69, 9.17) is 9.47 Å². The van der Waals surface area contributed by atoms with Gasteiger partial charge < -0.3 is 9.47 Å². The highest BCUT2D eigenvalue weighted by atomic mass is 19.1. The van der Waals surface area contributed by atoms with E-state index in [9.17, 15) is 9.18 Å². The number of rotatable bonds is 4. The number of carbonyl (C=O) groups excluding carboxylic acids is 1. The molecular formula is C27H27FO3. The van der Waals surface area contributed by atoms with E-state index in [1.54, 1.807) is 12.1 Å². The van der Waals surface area contributed by atoms with Crippen LogP contribution in [0.5, 0.6) is 5.75 Å². The van der Waals surface area contributed by atoms with Gasteiger partial charge in [-0.25, -0.2) is 9.18 Å². The molecule has 0 bridgehead atoms. The Morgan fingerprint density at radius 1 is 1.10 bits per heavy atom. The minimum absolute atomic E-state index is 0. The molecule has 1 fully saturated rings. The number of halogens is 1. The molecule has 0 unspecified atom stereocenters. The largest absolute Gasteiger partial charge is 0.493 e. The SMILES string of the molecule is C.CCOC(=O)c1c(C2CC2)cc2c(c1-c1ccc(F)cc1)CCOc1ccccc1-2. The van der Waals surface area contributed by atoms with Gasteiger partial charge in [0, 0.05) is 17.5 Å². The van der Waals surface area contributed by atoms with Gasteiger partial charge in [-0.15, -0.1) is 0 Å². The van der Waals surface area contributed by atoms with Gasteiger partial charge in [0.25, 0.3) is 0 Å². The molecule has 1 aliphatic carbocycles. The van der Waals surface area contributed by atoms with Crippen LogP contribution < -0.4 is 4.74 Å². The highest BCUT2D eigenvalue weighted by molar-refractivity contribution is 6.02. The molecule has 0 amide bonds. The van der Waals surface area contributed by atoms with Gasteiger partial charge in [0.05, 0.1) is 18.8 Å². The lowest BCUT2D eigenvalue weighted by Crippen LogP contribution is -2.13. The molecule has 0 spiro atoms. The molecule has 0 aromatic heterocycles. The summed E-state index contributed by atoms with van der Waals surface area (Å²) < 4.78 is 25.2. The van der Waals surface area contributed by atoms with Gasteiger partial charge in [-0.3, -0.25) is 0 Å². The molecule has 160 valence electrons. The zero-order chi connectivity index (χ0) is 20.7. The van der Waals surface area contributed by atoms with Crippen molar-refractivity contribution in [3.63, 3.8) is 0 Å². The topological polar surface area (TPSA) is 35.5 Å². The zero-order valence-corrected chi connectivity index (χ0v) is 16.9. The van der Waals surface area contributed by atoms with Gasteiger partial charge in [-0.1, -0.05) is 37.8 Å². The Bertz CT molecular complexity index is 1110. The van der Waals surface area contributed by atoms with Crippen LogP contribution in [0.4, 0.5) is 4.39 Å². The molecule has 3 aromatic carbocycles. The fourth-order valence-corrected chi connectivity index (χ4v) is 4.40. The monoisotopic (exact) mass is 418 g/mol. The van der Waals surface area contributed by atoms with Gasteiger partial charge in [0.2, 0.25) is 0 Å². The van der Waals surface area contributed by atoms with Crippen molar-refractivity contribution in [2.75, 3.05) is 13.2 Å². The smallest absolute Gasteiger partial charge is 0.339 e. The first kappa shape index (κ1) is 21.1. The van der Waals surface area contributed by atoms with E-state index in [-0.39, 0.29) is 19.2 Å². The highest BCUT2D eigenvalue weighted by Gasteiger charge is 2.34. The number of ether oxygens (including phenoxy) is 2. The summed E-state index contributed by atoms with van der Waals surface area (Å²) in [7, 11) is 0. The number of fused-ring (bicyclic) bond motifs is 3. The molecule has 0 radical (unpaired) electrons. The second-order valence-electron chi connectivity index (χ2n) is 7.84. The lowest BCUT2D eigenvalue weighted by atomic mass is 9.83. The average Bonchev–Trinajstić information content (AvgIpc) is 3.60. The van der Waals surface area contributed by atoms with Gasteiger partial charge in [0.15, 0.2) is 0 Å². The molecule has 2 aliphatic rings. The molecule has 1 saturated carbocycles. The van der Waals surface area contributed by atoms with E-state index in [0.717, 1.165) is 52.0 Å². The third-order valence-corrected chi connectivity index (χ3v) is 5.88. The molecule has 0 atom stereocenters. The molecule has 0 saturated heterocycles. The summed E-state index contributed by atoms with van der Waals surface area (Å²) in [6, 6.07) is 16.6. The fraction of sp³-hybridized carbons (Fsp3) is 0.296. The number of hydrogen-bond donors (Lipinski definition) is 0. The molecule has 1 heterocycles. The van der Waals surface area contributed by atoms with Crippen LogP contribution in [0.15, 0.2) is 54.6 Å². The third-order valence-electron chi connectivity index (χ3n) is 5.88. The average molecular weight is 419 g/mol. The molecular weight excluding hydrogens is 391 g/mol. The summed E-state index contributed by atoms with van der Waals surface area (Å²) in [5.41, 5.74) is 6.53. The van der Waals surface area contributed by atoms with Crippen LogP contribution in [0.25, 0.3) is 22.3 Å². The first-order valence-corrected chi connectivity index (χ1v) is 10.5. The first-order chi connectivity index (χ1) is 14.7. The molecule has 3 nitrogen and oxygen atoms in total. The number of carbonyl (C=O) groups is 1. The van der Waals surface area contributed by atoms with Crippen molar-refractivity contribution in [2.24, 2.45) is 0 Å². The summed E-state index contributed by atoms with van der Waals surface area (Å²) in [6.45, 7) is 2.65. The van der Waals surface area contributed by atoms with Crippen LogP contribution in [-0.4, -0.2) is 19.2 Å². The lowest BCUT2D eigenvalue weighted by molar-refractivity contribution is 0.0526. The van der Waals surface area contributed by atoms with E-state index >= 15 is 0 Å². The van der Waals surface area contributed by atoms with Gasteiger partial charge in [-0.2, -0.15) is 0 Å². The molecule has 5 rings (SSSR count). The zero-order valence-electron chi connectivity index (χ0n) is 16.9. The molecule has 4 heteroatoms. The molecule has 31 heavy (non-hydrogen) atoms. The van der Waals surface area contributed by atoms with Crippen LogP contribution in [0.3, 0.4) is 0 Å². The summed E-state index contributed by atoms with van der Waals surface area (Å²) in [5, 5.41) is 0. The lowest BCUT2D eigenvalue weighted by Gasteiger charge is -2.21. The second kappa shape index (κ2) is 8.54. The Kier molecular flexibility index (Phi) is 5.81. The van der Waals surface area contributed by atoms with E-state index in [1.165, 1.54) is 12.1 Å². The van der Waals surface area contributed by atoms with E-state index < -0.39 is 0 Å². The van der Waals surface area contributed by atoms with Gasteiger partial charge >= 0.3 is 5.97 Å². The predicted octanol–water partition coefficient (Wildman–Crippen LogP) is 6.78. The van der Waals surface area contributed by atoms with Crippen molar-refractivity contribution in [1.29, 1.82) is 0 Å². The maximum atomic E-state index is 13.7. The summed E-state index contributed by atoms with van der Waals surface area (Å²) in [6.07, 6.45) is 2.78. The van der Waals surface area contributed by atoms with E-state index in [2.05, 4.69) is 12.1 Å². The van der Waals surface area contributed by atoms with Crippen LogP contribution in [0.1, 0.15) is 54.6 Å². The maximum Gasteiger partial charge on any atom is 0.339 e. The van der Waals surface area contributed by atoms with E-state index in [1.807, 2.05) is 25.1 Å². The molecule has 0 N–H and O–H groups in total. The minimum atomic E-state index is -0.306. The van der Waals surface area contributed by atoms with Crippen molar-refractivity contribution in [2.45, 2.75) is 39.5 Å². The van der Waals surface area contributed by atoms with Gasteiger partial charge in [-0.05, 0) is 72.2 Å². The van der Waals surface area contributed by atoms with Crippen molar-refractivity contribution in [3.8, 4) is 28.0 Å². The Morgan fingerprint density at radius 2 is 1.84 bits per heavy atom. The van der Waals surface area contributed by atoms with Crippen molar-refractivity contribution < 1.29 is 18.7 Å². The molecule has 1 aliphatic heterocycles. The second-order valence-corrected chi connectivity index (χ2v) is 7.84. The summed E-state index contributed by atoms with van der Waals surface area (Å²) in [5.74, 6) is 0.603. The Balaban J connectivity index is 0.00000231. The fourth-order valence-electron chi connectivity index (χ4n) is 4.40. The first-order valence-electron chi connectivity index (χ1n) is 10.5. The summed E-state index contributed by atoms with van der Waals surface area (Å²) >= 11 is 0. The Hall–Kier alpha value is -3.14. The van der Waals surface area contributed by atoms with Crippen LogP contribution in [0.2, 0.25) is 0 Å². The third kappa shape index (κ3) is 3.83. The number of benzene rings is 3. The van der Waals surface area contributed by atoms with Crippen molar-refractivity contribution in [3.05, 3.63) is 77.1 Å². The molecule has 3 aromatic rings. The van der Waals surface area contributed by atoms with E-state index in [0.29, 0.717) is 31.1 Å². The number of hydrogen-bond acceptors (Lipinski definition) is 3. The van der Waals surface area contributed by atoms with Crippen molar-refractivity contribution >= 4 is 5.97 Å². The highest BCUT2D eigenvalue weighted by Crippen LogP contribution is 2.49. The van der Waals surface area contributed by atoms with Crippen LogP contribution in [-0.2, 0) is 11.2 Å². The minimum Gasteiger partial charge on any atom is -0.493 e. The van der Waals surface area contributed by atoms with Crippen molar-refractivity contribution in [1.82, 2.24) is 0 Å². The van der Waals surface area contributed by atoms with Crippen LogP contribution in [0, 0.1) is 5.82 Å². The summed E-state index contributed by atoms with van der Waals surface area (Å²) in [4.78, 5) is 13.1. The predicted molar refractivity (Wildman–Crippen MR) is 121 cm³/mol. The normalized spacial score (nSPS) is 14.4. The Morgan fingerprint density at radius 3 is 2.55 bits per heavy atom. The number of para-hydroxylation sites is 1. The van der Waals surface area contributed by atoms with Crippen LogP contribution >= 0.6 is 0 Å². The number of esters is 1. The Labute approximate surface area is 182 Å². The van der Waals surface area contributed by atoms with Gasteiger partial charge in [0.1, 0.15) is 11.6 Å².